The van der Waals surface area contributed by atoms with E-state index in [-0.39, 0.29) is 11.4 Å². The minimum atomic E-state index is -2.91. The second kappa shape index (κ2) is 4.79. The van der Waals surface area contributed by atoms with Gasteiger partial charge >= 0.3 is 0 Å². The summed E-state index contributed by atoms with van der Waals surface area (Å²) in [6.07, 6.45) is 2.67. The zero-order chi connectivity index (χ0) is 11.5. The van der Waals surface area contributed by atoms with Crippen LogP contribution >= 0.6 is 8.58 Å². The van der Waals surface area contributed by atoms with E-state index in [4.69, 9.17) is 5.73 Å². The second-order valence-corrected chi connectivity index (χ2v) is 4.29. The SMILES string of the molecule is CCCc1ncc(C(F)(F)PC)c(N)n1. The summed E-state index contributed by atoms with van der Waals surface area (Å²) in [6.45, 7) is 3.40. The van der Waals surface area contributed by atoms with Crippen LogP contribution in [0.5, 0.6) is 0 Å². The summed E-state index contributed by atoms with van der Waals surface area (Å²) in [5, 5.41) is 0. The Morgan fingerprint density at radius 2 is 2.20 bits per heavy atom. The van der Waals surface area contributed by atoms with Crippen LogP contribution in [-0.4, -0.2) is 16.6 Å². The van der Waals surface area contributed by atoms with Crippen molar-refractivity contribution in [2.45, 2.75) is 25.4 Å². The maximum Gasteiger partial charge on any atom is 0.291 e. The lowest BCUT2D eigenvalue weighted by atomic mass is 10.3. The molecule has 1 heterocycles. The molecule has 1 aromatic rings. The van der Waals surface area contributed by atoms with Gasteiger partial charge in [-0.25, -0.2) is 9.97 Å². The molecular weight excluding hydrogens is 219 g/mol. The third kappa shape index (κ3) is 2.81. The van der Waals surface area contributed by atoms with E-state index in [2.05, 4.69) is 9.97 Å². The first kappa shape index (κ1) is 12.2. The van der Waals surface area contributed by atoms with E-state index < -0.39 is 14.2 Å². The third-order valence-corrected chi connectivity index (χ3v) is 2.89. The minimum Gasteiger partial charge on any atom is -0.383 e. The summed E-state index contributed by atoms with van der Waals surface area (Å²) in [7, 11) is -0.537. The van der Waals surface area contributed by atoms with Crippen LogP contribution in [0.3, 0.4) is 0 Å². The second-order valence-electron chi connectivity index (χ2n) is 3.16. The first-order valence-corrected chi connectivity index (χ1v) is 6.19. The van der Waals surface area contributed by atoms with E-state index in [0.29, 0.717) is 12.2 Å². The highest BCUT2D eigenvalue weighted by atomic mass is 31.1. The zero-order valence-corrected chi connectivity index (χ0v) is 9.72. The smallest absolute Gasteiger partial charge is 0.291 e. The van der Waals surface area contributed by atoms with Gasteiger partial charge < -0.3 is 5.73 Å². The number of nitrogens with two attached hydrogens (primary N) is 1. The van der Waals surface area contributed by atoms with Crippen LogP contribution in [0.1, 0.15) is 24.7 Å². The summed E-state index contributed by atoms with van der Waals surface area (Å²) in [5.74, 6) is 0.418. The van der Waals surface area contributed by atoms with Gasteiger partial charge in [0.1, 0.15) is 11.6 Å². The number of halogens is 2. The molecule has 0 aliphatic rings. The molecule has 1 rings (SSSR count). The molecule has 1 aromatic heterocycles. The standard InChI is InChI=1S/C9H14F2N3P/c1-3-4-7-13-5-6(8(12)14-7)9(10,11)15-2/h5,15H,3-4H2,1-2H3,(H2,12,13,14). The van der Waals surface area contributed by atoms with Gasteiger partial charge in [-0.3, -0.25) is 0 Å². The molecule has 0 amide bonds. The Morgan fingerprint density at radius 3 is 2.67 bits per heavy atom. The molecule has 84 valence electrons. The lowest BCUT2D eigenvalue weighted by Crippen LogP contribution is -2.13. The number of hydrogen-bond donors (Lipinski definition) is 1. The molecule has 3 nitrogen and oxygen atoms in total. The van der Waals surface area contributed by atoms with Gasteiger partial charge in [-0.1, -0.05) is 6.92 Å². The number of alkyl halides is 2. The van der Waals surface area contributed by atoms with E-state index in [1.165, 1.54) is 6.66 Å². The van der Waals surface area contributed by atoms with E-state index in [9.17, 15) is 8.78 Å². The van der Waals surface area contributed by atoms with Gasteiger partial charge in [0, 0.05) is 12.6 Å². The maximum atomic E-state index is 13.3. The average molecular weight is 233 g/mol. The number of nitrogens with zero attached hydrogens (tertiary/aromatic N) is 2. The number of anilines is 1. The van der Waals surface area contributed by atoms with Crippen molar-refractivity contribution in [3.05, 3.63) is 17.6 Å². The Labute approximate surface area is 89.3 Å². The molecule has 0 saturated carbocycles. The summed E-state index contributed by atoms with van der Waals surface area (Å²) in [6, 6.07) is 0. The summed E-state index contributed by atoms with van der Waals surface area (Å²) >= 11 is 0. The van der Waals surface area contributed by atoms with Crippen molar-refractivity contribution < 1.29 is 8.78 Å². The number of nitrogen functional groups attached to an aromatic ring is 1. The van der Waals surface area contributed by atoms with Crippen LogP contribution in [0.4, 0.5) is 14.6 Å². The normalized spacial score (nSPS) is 12.5. The van der Waals surface area contributed by atoms with Crippen LogP contribution in [0.2, 0.25) is 0 Å². The van der Waals surface area contributed by atoms with E-state index in [0.717, 1.165) is 12.6 Å². The Hall–Kier alpha value is -0.830. The molecule has 0 aliphatic carbocycles. The van der Waals surface area contributed by atoms with Crippen molar-refractivity contribution in [1.82, 2.24) is 9.97 Å². The largest absolute Gasteiger partial charge is 0.383 e. The minimum absolute atomic E-state index is 0.104. The highest BCUT2D eigenvalue weighted by molar-refractivity contribution is 7.38. The number of aromatic nitrogens is 2. The topological polar surface area (TPSA) is 51.8 Å². The third-order valence-electron chi connectivity index (χ3n) is 1.99. The van der Waals surface area contributed by atoms with Gasteiger partial charge in [0.15, 0.2) is 0 Å². The van der Waals surface area contributed by atoms with Gasteiger partial charge in [0.2, 0.25) is 0 Å². The van der Waals surface area contributed by atoms with Crippen LogP contribution < -0.4 is 5.73 Å². The molecule has 15 heavy (non-hydrogen) atoms. The Morgan fingerprint density at radius 1 is 1.53 bits per heavy atom. The molecule has 0 fully saturated rings. The van der Waals surface area contributed by atoms with Crippen molar-refractivity contribution in [2.75, 3.05) is 12.4 Å². The molecule has 0 bridgehead atoms. The Kier molecular flexibility index (Phi) is 3.91. The predicted octanol–water partition coefficient (Wildman–Crippen LogP) is 2.37. The lowest BCUT2D eigenvalue weighted by molar-refractivity contribution is 0.101. The van der Waals surface area contributed by atoms with Gasteiger partial charge in [0.05, 0.1) is 5.56 Å². The predicted molar refractivity (Wildman–Crippen MR) is 58.6 cm³/mol. The number of aryl methyl sites for hydroxylation is 1. The maximum absolute atomic E-state index is 13.3. The van der Waals surface area contributed by atoms with Crippen molar-refractivity contribution >= 4 is 14.4 Å². The average Bonchev–Trinajstić information content (AvgIpc) is 2.18. The fourth-order valence-electron chi connectivity index (χ4n) is 1.15. The van der Waals surface area contributed by atoms with Gasteiger partial charge in [-0.15, -0.1) is 0 Å². The van der Waals surface area contributed by atoms with E-state index >= 15 is 0 Å². The lowest BCUT2D eigenvalue weighted by Gasteiger charge is -2.15. The molecule has 0 aliphatic heterocycles. The van der Waals surface area contributed by atoms with Gasteiger partial charge in [-0.2, -0.15) is 8.78 Å². The molecule has 0 aromatic carbocycles. The molecule has 0 saturated heterocycles. The van der Waals surface area contributed by atoms with Crippen LogP contribution in [0, 0.1) is 0 Å². The van der Waals surface area contributed by atoms with Crippen molar-refractivity contribution in [2.24, 2.45) is 0 Å². The fraction of sp³-hybridized carbons (Fsp3) is 0.556. The van der Waals surface area contributed by atoms with E-state index in [1.54, 1.807) is 0 Å². The monoisotopic (exact) mass is 233 g/mol. The van der Waals surface area contributed by atoms with Gasteiger partial charge in [-0.05, 0) is 21.7 Å². The first-order valence-electron chi connectivity index (χ1n) is 4.69. The van der Waals surface area contributed by atoms with Crippen LogP contribution in [0.15, 0.2) is 6.20 Å². The number of rotatable bonds is 4. The quantitative estimate of drug-likeness (QED) is 0.812. The summed E-state index contributed by atoms with van der Waals surface area (Å²) in [4.78, 5) is 7.75. The van der Waals surface area contributed by atoms with Crippen molar-refractivity contribution in [3.63, 3.8) is 0 Å². The molecular formula is C9H14F2N3P. The molecule has 2 N–H and O–H groups in total. The Bertz CT molecular complexity index is 344. The van der Waals surface area contributed by atoms with Crippen molar-refractivity contribution in [1.29, 1.82) is 0 Å². The summed E-state index contributed by atoms with van der Waals surface area (Å²) < 4.78 is 26.6. The molecule has 0 radical (unpaired) electrons. The molecule has 1 unspecified atom stereocenters. The van der Waals surface area contributed by atoms with Crippen molar-refractivity contribution in [3.8, 4) is 0 Å². The highest BCUT2D eigenvalue weighted by Crippen LogP contribution is 2.43. The van der Waals surface area contributed by atoms with E-state index in [1.807, 2.05) is 6.92 Å². The fourth-order valence-corrected chi connectivity index (χ4v) is 1.62. The Balaban J connectivity index is 3.03. The number of hydrogen-bond acceptors (Lipinski definition) is 3. The molecule has 6 heteroatoms. The molecule has 0 spiro atoms. The molecule has 1 atom stereocenters. The zero-order valence-electron chi connectivity index (χ0n) is 8.72. The first-order chi connectivity index (χ1) is 7.01. The van der Waals surface area contributed by atoms with Gasteiger partial charge in [0.25, 0.3) is 5.66 Å². The van der Waals surface area contributed by atoms with Crippen LogP contribution in [-0.2, 0) is 12.1 Å². The van der Waals surface area contributed by atoms with Crippen LogP contribution in [0.25, 0.3) is 0 Å². The highest BCUT2D eigenvalue weighted by Gasteiger charge is 2.32. The summed E-state index contributed by atoms with van der Waals surface area (Å²) in [5.41, 5.74) is 2.32.